The Labute approximate surface area is 180 Å². The van der Waals surface area contributed by atoms with E-state index in [2.05, 4.69) is 15.5 Å². The van der Waals surface area contributed by atoms with Crippen molar-refractivity contribution in [2.24, 2.45) is 0 Å². The summed E-state index contributed by atoms with van der Waals surface area (Å²) in [6.07, 6.45) is -0.525. The minimum Gasteiger partial charge on any atom is -0.479 e. The van der Waals surface area contributed by atoms with E-state index in [0.29, 0.717) is 26.5 Å². The van der Waals surface area contributed by atoms with E-state index < -0.39 is 6.10 Å². The molecular formula is C18H14Cl3N3O3S. The number of hydrogen-bond acceptors (Lipinski definition) is 6. The van der Waals surface area contributed by atoms with Gasteiger partial charge in [0.15, 0.2) is 6.10 Å². The average Bonchev–Trinajstić information content (AvgIpc) is 3.13. The van der Waals surface area contributed by atoms with Crippen molar-refractivity contribution in [3.05, 3.63) is 63.4 Å². The van der Waals surface area contributed by atoms with Gasteiger partial charge in [-0.1, -0.05) is 46.6 Å². The molecule has 1 amide bonds. The van der Waals surface area contributed by atoms with Crippen LogP contribution in [0.25, 0.3) is 0 Å². The van der Waals surface area contributed by atoms with Gasteiger partial charge in [-0.05, 0) is 49.4 Å². The SMILES string of the molecule is C[C@H](Oc1ccc(Cl)cc1Cl)c1nnc(SCC(=O)Nc2ccc(Cl)cc2)o1. The maximum atomic E-state index is 12.0. The number of ether oxygens (including phenoxy) is 1. The number of halogens is 3. The number of carbonyl (C=O) groups is 1. The predicted octanol–water partition coefficient (Wildman–Crippen LogP) is 5.90. The van der Waals surface area contributed by atoms with Gasteiger partial charge >= 0.3 is 0 Å². The number of aromatic nitrogens is 2. The van der Waals surface area contributed by atoms with Crippen LogP contribution >= 0.6 is 46.6 Å². The highest BCUT2D eigenvalue weighted by Crippen LogP contribution is 2.31. The summed E-state index contributed by atoms with van der Waals surface area (Å²) in [5, 5.41) is 12.4. The highest BCUT2D eigenvalue weighted by atomic mass is 35.5. The molecule has 0 saturated carbocycles. The van der Waals surface area contributed by atoms with Crippen molar-refractivity contribution in [3.63, 3.8) is 0 Å². The number of rotatable bonds is 7. The first-order valence-electron chi connectivity index (χ1n) is 8.04. The van der Waals surface area contributed by atoms with Crippen LogP contribution in [0, 0.1) is 0 Å². The molecule has 1 N–H and O–H groups in total. The van der Waals surface area contributed by atoms with Crippen molar-refractivity contribution < 1.29 is 13.9 Å². The summed E-state index contributed by atoms with van der Waals surface area (Å²) < 4.78 is 11.3. The summed E-state index contributed by atoms with van der Waals surface area (Å²) >= 11 is 18.9. The molecule has 3 rings (SSSR count). The fraction of sp³-hybridized carbons (Fsp3) is 0.167. The van der Waals surface area contributed by atoms with Gasteiger partial charge < -0.3 is 14.5 Å². The molecule has 28 heavy (non-hydrogen) atoms. The van der Waals surface area contributed by atoms with E-state index >= 15 is 0 Å². The molecule has 1 heterocycles. The third-order valence-corrected chi connectivity index (χ3v) is 5.02. The maximum absolute atomic E-state index is 12.0. The van der Waals surface area contributed by atoms with E-state index in [1.807, 2.05) is 0 Å². The van der Waals surface area contributed by atoms with Crippen molar-refractivity contribution in [2.75, 3.05) is 11.1 Å². The van der Waals surface area contributed by atoms with Crippen LogP contribution in [-0.4, -0.2) is 21.9 Å². The van der Waals surface area contributed by atoms with Gasteiger partial charge in [-0.25, -0.2) is 0 Å². The molecule has 0 bridgehead atoms. The van der Waals surface area contributed by atoms with Crippen molar-refractivity contribution >= 4 is 58.2 Å². The van der Waals surface area contributed by atoms with Gasteiger partial charge in [-0.3, -0.25) is 4.79 Å². The van der Waals surface area contributed by atoms with E-state index in [1.165, 1.54) is 0 Å². The highest BCUT2D eigenvalue weighted by Gasteiger charge is 2.18. The van der Waals surface area contributed by atoms with Gasteiger partial charge in [0.25, 0.3) is 11.1 Å². The predicted molar refractivity (Wildman–Crippen MR) is 111 cm³/mol. The third-order valence-electron chi connectivity index (χ3n) is 3.42. The lowest BCUT2D eigenvalue weighted by Gasteiger charge is -2.12. The van der Waals surface area contributed by atoms with Gasteiger partial charge in [0.2, 0.25) is 5.91 Å². The minimum absolute atomic E-state index is 0.114. The minimum atomic E-state index is -0.525. The molecule has 2 aromatic carbocycles. The summed E-state index contributed by atoms with van der Waals surface area (Å²) in [5.74, 6) is 0.631. The van der Waals surface area contributed by atoms with E-state index in [1.54, 1.807) is 49.4 Å². The smallest absolute Gasteiger partial charge is 0.277 e. The van der Waals surface area contributed by atoms with Crippen LogP contribution in [-0.2, 0) is 4.79 Å². The molecule has 1 aromatic heterocycles. The number of thioether (sulfide) groups is 1. The fourth-order valence-corrected chi connectivity index (χ4v) is 3.26. The average molecular weight is 459 g/mol. The van der Waals surface area contributed by atoms with Gasteiger partial charge in [0, 0.05) is 15.7 Å². The summed E-state index contributed by atoms with van der Waals surface area (Å²) in [4.78, 5) is 12.0. The lowest BCUT2D eigenvalue weighted by atomic mass is 10.3. The Kier molecular flexibility index (Phi) is 7.07. The molecule has 1 atom stereocenters. The van der Waals surface area contributed by atoms with Gasteiger partial charge in [-0.2, -0.15) is 0 Å². The zero-order valence-corrected chi connectivity index (χ0v) is 17.6. The Morgan fingerprint density at radius 1 is 1.14 bits per heavy atom. The number of carbonyl (C=O) groups excluding carboxylic acids is 1. The summed E-state index contributed by atoms with van der Waals surface area (Å²) in [6.45, 7) is 1.75. The Bertz CT molecular complexity index is 966. The zero-order chi connectivity index (χ0) is 20.1. The standard InChI is InChI=1S/C18H14Cl3N3O3S/c1-10(26-15-7-4-12(20)8-14(15)21)17-23-24-18(27-17)28-9-16(25)22-13-5-2-11(19)3-6-13/h2-8,10H,9H2,1H3,(H,22,25)/t10-/m0/s1. The fourth-order valence-electron chi connectivity index (χ4n) is 2.11. The Hall–Kier alpha value is -1.93. The van der Waals surface area contributed by atoms with Crippen molar-refractivity contribution in [3.8, 4) is 5.75 Å². The summed E-state index contributed by atoms with van der Waals surface area (Å²) in [6, 6.07) is 11.7. The van der Waals surface area contributed by atoms with Crippen molar-refractivity contribution in [1.29, 1.82) is 0 Å². The number of amides is 1. The van der Waals surface area contributed by atoms with Gasteiger partial charge in [0.1, 0.15) is 5.75 Å². The Morgan fingerprint density at radius 3 is 2.57 bits per heavy atom. The number of nitrogens with one attached hydrogen (secondary N) is 1. The van der Waals surface area contributed by atoms with Crippen LogP contribution in [0.15, 0.2) is 52.1 Å². The number of hydrogen-bond donors (Lipinski definition) is 1. The number of nitrogens with zero attached hydrogens (tertiary/aromatic N) is 2. The zero-order valence-electron chi connectivity index (χ0n) is 14.5. The molecule has 0 aliphatic carbocycles. The van der Waals surface area contributed by atoms with Crippen LogP contribution in [0.4, 0.5) is 5.69 Å². The normalized spacial score (nSPS) is 11.9. The quantitative estimate of drug-likeness (QED) is 0.444. The van der Waals surface area contributed by atoms with E-state index in [0.717, 1.165) is 11.8 Å². The second-order valence-corrected chi connectivity index (χ2v) is 7.79. The second kappa shape index (κ2) is 9.52. The molecule has 0 fully saturated rings. The van der Waals surface area contributed by atoms with Crippen LogP contribution in [0.3, 0.4) is 0 Å². The topological polar surface area (TPSA) is 77.2 Å². The Balaban J connectivity index is 1.53. The lowest BCUT2D eigenvalue weighted by molar-refractivity contribution is -0.113. The van der Waals surface area contributed by atoms with Crippen LogP contribution in [0.2, 0.25) is 15.1 Å². The molecule has 0 aliphatic heterocycles. The largest absolute Gasteiger partial charge is 0.479 e. The van der Waals surface area contributed by atoms with Crippen LogP contribution in [0.5, 0.6) is 5.75 Å². The molecule has 0 spiro atoms. The molecule has 10 heteroatoms. The summed E-state index contributed by atoms with van der Waals surface area (Å²) in [5.41, 5.74) is 0.656. The first-order chi connectivity index (χ1) is 13.4. The number of anilines is 1. The van der Waals surface area contributed by atoms with Crippen molar-refractivity contribution in [1.82, 2.24) is 10.2 Å². The molecule has 0 radical (unpaired) electrons. The van der Waals surface area contributed by atoms with Crippen molar-refractivity contribution in [2.45, 2.75) is 18.3 Å². The molecular weight excluding hydrogens is 445 g/mol. The molecule has 0 aliphatic rings. The van der Waals surface area contributed by atoms with Gasteiger partial charge in [-0.15, -0.1) is 10.2 Å². The lowest BCUT2D eigenvalue weighted by Crippen LogP contribution is -2.13. The molecule has 0 unspecified atom stereocenters. The van der Waals surface area contributed by atoms with Crippen LogP contribution < -0.4 is 10.1 Å². The number of benzene rings is 2. The molecule has 6 nitrogen and oxygen atoms in total. The monoisotopic (exact) mass is 457 g/mol. The third kappa shape index (κ3) is 5.78. The van der Waals surface area contributed by atoms with E-state index in [9.17, 15) is 4.79 Å². The van der Waals surface area contributed by atoms with E-state index in [-0.39, 0.29) is 22.8 Å². The van der Waals surface area contributed by atoms with E-state index in [4.69, 9.17) is 44.0 Å². The second-order valence-electron chi connectivity index (χ2n) is 5.58. The molecule has 3 aromatic rings. The first-order valence-corrected chi connectivity index (χ1v) is 10.2. The maximum Gasteiger partial charge on any atom is 0.277 e. The van der Waals surface area contributed by atoms with Gasteiger partial charge in [0.05, 0.1) is 10.8 Å². The Morgan fingerprint density at radius 2 is 1.86 bits per heavy atom. The molecule has 146 valence electrons. The summed E-state index contributed by atoms with van der Waals surface area (Å²) in [7, 11) is 0. The highest BCUT2D eigenvalue weighted by molar-refractivity contribution is 7.99. The molecule has 0 saturated heterocycles. The first kappa shape index (κ1) is 20.8. The van der Waals surface area contributed by atoms with Crippen LogP contribution in [0.1, 0.15) is 18.9 Å².